The van der Waals surface area contributed by atoms with Gasteiger partial charge in [0.25, 0.3) is 0 Å². The van der Waals surface area contributed by atoms with E-state index >= 15 is 0 Å². The maximum Gasteiger partial charge on any atom is 0.410 e. The van der Waals surface area contributed by atoms with Crippen molar-refractivity contribution in [3.8, 4) is 0 Å². The molecule has 6 heteroatoms. The van der Waals surface area contributed by atoms with Crippen molar-refractivity contribution in [2.75, 3.05) is 12.3 Å². The van der Waals surface area contributed by atoms with Crippen molar-refractivity contribution in [1.82, 2.24) is 4.90 Å². The Morgan fingerprint density at radius 2 is 1.87 bits per heavy atom. The van der Waals surface area contributed by atoms with Gasteiger partial charge in [-0.05, 0) is 52.7 Å². The SMILES string of the molecule is Cc1ccc(S(=O)(=O)CC2CCCN2C(=O)OC(C)(C)C)cc1. The Kier molecular flexibility index (Phi) is 5.04. The van der Waals surface area contributed by atoms with Gasteiger partial charge in [-0.3, -0.25) is 0 Å². The summed E-state index contributed by atoms with van der Waals surface area (Å²) in [5.41, 5.74) is 0.431. The minimum atomic E-state index is -3.42. The Morgan fingerprint density at radius 1 is 1.26 bits per heavy atom. The van der Waals surface area contributed by atoms with Crippen LogP contribution in [-0.4, -0.2) is 43.4 Å². The minimum absolute atomic E-state index is 0.0602. The van der Waals surface area contributed by atoms with E-state index in [-0.39, 0.29) is 11.8 Å². The van der Waals surface area contributed by atoms with Crippen molar-refractivity contribution in [3.05, 3.63) is 29.8 Å². The second kappa shape index (κ2) is 6.51. The number of rotatable bonds is 3. The third kappa shape index (κ3) is 4.70. The Bertz CT molecular complexity index is 659. The zero-order chi connectivity index (χ0) is 17.3. The molecule has 0 aromatic heterocycles. The average Bonchev–Trinajstić information content (AvgIpc) is 2.84. The number of sulfone groups is 1. The molecule has 1 aromatic carbocycles. The smallest absolute Gasteiger partial charge is 0.410 e. The second-order valence-corrected chi connectivity index (χ2v) is 9.10. The summed E-state index contributed by atoms with van der Waals surface area (Å²) >= 11 is 0. The Hall–Kier alpha value is -1.56. The molecule has 5 nitrogen and oxygen atoms in total. The lowest BCUT2D eigenvalue weighted by molar-refractivity contribution is 0.0241. The summed E-state index contributed by atoms with van der Waals surface area (Å²) in [5, 5.41) is 0. The predicted octanol–water partition coefficient (Wildman–Crippen LogP) is 3.17. The van der Waals surface area contributed by atoms with Crippen LogP contribution in [-0.2, 0) is 14.6 Å². The quantitative estimate of drug-likeness (QED) is 0.848. The number of amides is 1. The highest BCUT2D eigenvalue weighted by Crippen LogP contribution is 2.24. The number of aryl methyl sites for hydroxylation is 1. The fourth-order valence-corrected chi connectivity index (χ4v) is 4.26. The van der Waals surface area contributed by atoms with E-state index < -0.39 is 21.5 Å². The number of carbonyl (C=O) groups excluding carboxylic acids is 1. The fourth-order valence-electron chi connectivity index (χ4n) is 2.66. The lowest BCUT2D eigenvalue weighted by atomic mass is 10.2. The van der Waals surface area contributed by atoms with E-state index in [9.17, 15) is 13.2 Å². The van der Waals surface area contributed by atoms with Crippen LogP contribution in [0.3, 0.4) is 0 Å². The summed E-state index contributed by atoms with van der Waals surface area (Å²) in [6.07, 6.45) is 1.05. The average molecular weight is 339 g/mol. The van der Waals surface area contributed by atoms with Gasteiger partial charge in [0, 0.05) is 12.6 Å². The molecule has 0 N–H and O–H groups in total. The summed E-state index contributed by atoms with van der Waals surface area (Å²) < 4.78 is 30.5. The molecular formula is C17H25NO4S. The number of hydrogen-bond acceptors (Lipinski definition) is 4. The summed E-state index contributed by atoms with van der Waals surface area (Å²) in [4.78, 5) is 14.1. The number of nitrogens with zero attached hydrogens (tertiary/aromatic N) is 1. The molecule has 1 unspecified atom stereocenters. The first-order valence-electron chi connectivity index (χ1n) is 7.87. The number of carbonyl (C=O) groups is 1. The van der Waals surface area contributed by atoms with E-state index in [1.807, 2.05) is 6.92 Å². The normalized spacial score (nSPS) is 19.0. The first-order valence-corrected chi connectivity index (χ1v) is 9.53. The van der Waals surface area contributed by atoms with Crippen LogP contribution in [0.4, 0.5) is 4.79 Å². The van der Waals surface area contributed by atoms with Crippen LogP contribution in [0.5, 0.6) is 0 Å². The molecule has 1 aliphatic heterocycles. The first kappa shape index (κ1) is 17.8. The van der Waals surface area contributed by atoms with E-state index in [4.69, 9.17) is 4.74 Å². The molecule has 0 aliphatic carbocycles. The molecule has 1 aromatic rings. The van der Waals surface area contributed by atoms with Gasteiger partial charge in [0.15, 0.2) is 9.84 Å². The third-order valence-electron chi connectivity index (χ3n) is 3.80. The first-order chi connectivity index (χ1) is 10.6. The Balaban J connectivity index is 2.11. The molecule has 0 spiro atoms. The molecule has 0 bridgehead atoms. The highest BCUT2D eigenvalue weighted by atomic mass is 32.2. The van der Waals surface area contributed by atoms with Crippen LogP contribution in [0.25, 0.3) is 0 Å². The van der Waals surface area contributed by atoms with Crippen molar-refractivity contribution in [1.29, 1.82) is 0 Å². The second-order valence-electron chi connectivity index (χ2n) is 7.06. The highest BCUT2D eigenvalue weighted by Gasteiger charge is 2.35. The van der Waals surface area contributed by atoms with E-state index in [0.29, 0.717) is 17.9 Å². The maximum atomic E-state index is 12.6. The van der Waals surface area contributed by atoms with Gasteiger partial charge in [0.1, 0.15) is 5.60 Å². The van der Waals surface area contributed by atoms with Gasteiger partial charge in [-0.15, -0.1) is 0 Å². The van der Waals surface area contributed by atoms with Gasteiger partial charge in [-0.1, -0.05) is 17.7 Å². The van der Waals surface area contributed by atoms with Crippen molar-refractivity contribution >= 4 is 15.9 Å². The van der Waals surface area contributed by atoms with E-state index in [0.717, 1.165) is 12.0 Å². The number of benzene rings is 1. The van der Waals surface area contributed by atoms with Crippen LogP contribution in [0.1, 0.15) is 39.2 Å². The van der Waals surface area contributed by atoms with Crippen LogP contribution >= 0.6 is 0 Å². The van der Waals surface area contributed by atoms with Crippen molar-refractivity contribution in [2.24, 2.45) is 0 Å². The molecule has 0 radical (unpaired) electrons. The number of hydrogen-bond donors (Lipinski definition) is 0. The zero-order valence-corrected chi connectivity index (χ0v) is 15.0. The molecule has 2 rings (SSSR count). The standard InChI is InChI=1S/C17H25NO4S/c1-13-7-9-15(10-8-13)23(20,21)12-14-6-5-11-18(14)16(19)22-17(2,3)4/h7-10,14H,5-6,11-12H2,1-4H3. The Labute approximate surface area is 138 Å². The maximum absolute atomic E-state index is 12.6. The van der Waals surface area contributed by atoms with Gasteiger partial charge in [-0.2, -0.15) is 0 Å². The predicted molar refractivity (Wildman–Crippen MR) is 89.2 cm³/mol. The van der Waals surface area contributed by atoms with Crippen LogP contribution in [0, 0.1) is 6.92 Å². The fraction of sp³-hybridized carbons (Fsp3) is 0.588. The topological polar surface area (TPSA) is 63.7 Å². The summed E-state index contributed by atoms with van der Waals surface area (Å²) in [6.45, 7) is 7.87. The zero-order valence-electron chi connectivity index (χ0n) is 14.2. The molecular weight excluding hydrogens is 314 g/mol. The summed E-state index contributed by atoms with van der Waals surface area (Å²) in [7, 11) is -3.42. The molecule has 1 atom stereocenters. The highest BCUT2D eigenvalue weighted by molar-refractivity contribution is 7.91. The molecule has 128 valence electrons. The monoisotopic (exact) mass is 339 g/mol. The van der Waals surface area contributed by atoms with Crippen LogP contribution in [0.15, 0.2) is 29.2 Å². The molecule has 1 fully saturated rings. The Morgan fingerprint density at radius 3 is 2.43 bits per heavy atom. The van der Waals surface area contributed by atoms with Gasteiger partial charge in [0.05, 0.1) is 10.6 Å². The molecule has 1 heterocycles. The molecule has 0 saturated carbocycles. The van der Waals surface area contributed by atoms with Crippen LogP contribution < -0.4 is 0 Å². The van der Waals surface area contributed by atoms with Crippen molar-refractivity contribution in [3.63, 3.8) is 0 Å². The van der Waals surface area contributed by atoms with Crippen molar-refractivity contribution in [2.45, 2.75) is 57.1 Å². The van der Waals surface area contributed by atoms with E-state index in [1.165, 1.54) is 0 Å². The van der Waals surface area contributed by atoms with Gasteiger partial charge >= 0.3 is 6.09 Å². The molecule has 1 aliphatic rings. The van der Waals surface area contributed by atoms with Crippen molar-refractivity contribution < 1.29 is 17.9 Å². The lowest BCUT2D eigenvalue weighted by Gasteiger charge is -2.28. The molecule has 1 saturated heterocycles. The third-order valence-corrected chi connectivity index (χ3v) is 5.61. The summed E-state index contributed by atoms with van der Waals surface area (Å²) in [5.74, 6) is -0.0602. The van der Waals surface area contributed by atoms with Crippen LogP contribution in [0.2, 0.25) is 0 Å². The number of likely N-dealkylation sites (tertiary alicyclic amines) is 1. The van der Waals surface area contributed by atoms with Gasteiger partial charge < -0.3 is 9.64 Å². The minimum Gasteiger partial charge on any atom is -0.444 e. The summed E-state index contributed by atoms with van der Waals surface area (Å²) in [6, 6.07) is 6.49. The largest absolute Gasteiger partial charge is 0.444 e. The van der Waals surface area contributed by atoms with Gasteiger partial charge in [0.2, 0.25) is 0 Å². The van der Waals surface area contributed by atoms with E-state index in [1.54, 1.807) is 49.9 Å². The molecule has 23 heavy (non-hydrogen) atoms. The lowest BCUT2D eigenvalue weighted by Crippen LogP contribution is -2.42. The number of ether oxygens (including phenoxy) is 1. The van der Waals surface area contributed by atoms with Gasteiger partial charge in [-0.25, -0.2) is 13.2 Å². The van der Waals surface area contributed by atoms with E-state index in [2.05, 4.69) is 0 Å². The molecule has 1 amide bonds.